The van der Waals surface area contributed by atoms with Crippen LogP contribution in [0.4, 0.5) is 0 Å². The van der Waals surface area contributed by atoms with Crippen LogP contribution in [0.2, 0.25) is 0 Å². The Morgan fingerprint density at radius 2 is 1.94 bits per heavy atom. The van der Waals surface area contributed by atoms with Gasteiger partial charge in [-0.1, -0.05) is 0 Å². The molecular formula is C9H16O9. The number of aliphatic carboxylic acids is 1. The number of rotatable bonds is 4. The molecule has 1 aliphatic rings. The molecule has 1 saturated heterocycles. The first-order valence-corrected chi connectivity index (χ1v) is 5.19. The lowest BCUT2D eigenvalue weighted by molar-refractivity contribution is -0.312. The van der Waals surface area contributed by atoms with Gasteiger partial charge < -0.3 is 40.5 Å². The maximum atomic E-state index is 10.8. The fourth-order valence-electron chi connectivity index (χ4n) is 1.70. The number of ether oxygens (including phenoxy) is 1. The summed E-state index contributed by atoms with van der Waals surface area (Å²) in [5.41, 5.74) is 0. The molecule has 0 aromatic heterocycles. The Balaban J connectivity index is 2.92. The molecule has 1 fully saturated rings. The van der Waals surface area contributed by atoms with Crippen molar-refractivity contribution in [1.82, 2.24) is 0 Å². The summed E-state index contributed by atoms with van der Waals surface area (Å²) in [7, 11) is 0. The quantitative estimate of drug-likeness (QED) is 0.268. The van der Waals surface area contributed by atoms with Crippen LogP contribution in [0, 0.1) is 0 Å². The van der Waals surface area contributed by atoms with Gasteiger partial charge in [0.1, 0.15) is 24.4 Å². The third-order valence-corrected chi connectivity index (χ3v) is 2.80. The second-order valence-electron chi connectivity index (χ2n) is 4.17. The highest BCUT2D eigenvalue weighted by Gasteiger charge is 2.53. The molecule has 9 heteroatoms. The molecule has 0 aromatic rings. The van der Waals surface area contributed by atoms with Crippen molar-refractivity contribution < 1.29 is 45.3 Å². The highest BCUT2D eigenvalue weighted by Crippen LogP contribution is 2.30. The molecule has 2 unspecified atom stereocenters. The standard InChI is InChI=1S/C9H16O9/c10-2-4(12)6(14)7-5(13)3(11)1-9(17,18-7)8(15)16/h3-7,10-14,17H,1-2H2,(H,15,16)/t3-,4-,5-,6?,7?,9-/m1/s1. The second kappa shape index (κ2) is 5.45. The van der Waals surface area contributed by atoms with Crippen molar-refractivity contribution in [3.63, 3.8) is 0 Å². The molecule has 6 atom stereocenters. The summed E-state index contributed by atoms with van der Waals surface area (Å²) < 4.78 is 4.63. The summed E-state index contributed by atoms with van der Waals surface area (Å²) in [6, 6.07) is 0. The lowest BCUT2D eigenvalue weighted by atomic mass is 9.91. The lowest BCUT2D eigenvalue weighted by Gasteiger charge is -2.42. The highest BCUT2D eigenvalue weighted by atomic mass is 16.7. The number of hydrogen-bond donors (Lipinski definition) is 7. The van der Waals surface area contributed by atoms with E-state index in [4.69, 9.17) is 10.2 Å². The first kappa shape index (κ1) is 15.2. The topological polar surface area (TPSA) is 168 Å². The van der Waals surface area contributed by atoms with E-state index in [2.05, 4.69) is 4.74 Å². The van der Waals surface area contributed by atoms with Gasteiger partial charge in [0.15, 0.2) is 0 Å². The minimum atomic E-state index is -2.78. The number of aliphatic hydroxyl groups is 6. The molecular weight excluding hydrogens is 252 g/mol. The molecule has 1 heterocycles. The van der Waals surface area contributed by atoms with E-state index in [0.717, 1.165) is 0 Å². The molecule has 1 rings (SSSR count). The molecule has 0 amide bonds. The summed E-state index contributed by atoms with van der Waals surface area (Å²) in [5.74, 6) is -4.58. The zero-order valence-electron chi connectivity index (χ0n) is 9.25. The van der Waals surface area contributed by atoms with Crippen LogP contribution in [0.15, 0.2) is 0 Å². The molecule has 0 spiro atoms. The average molecular weight is 268 g/mol. The van der Waals surface area contributed by atoms with E-state index in [0.29, 0.717) is 0 Å². The Labute approximate surface area is 101 Å². The Morgan fingerprint density at radius 1 is 1.39 bits per heavy atom. The largest absolute Gasteiger partial charge is 0.477 e. The summed E-state index contributed by atoms with van der Waals surface area (Å²) in [6.45, 7) is -0.866. The van der Waals surface area contributed by atoms with E-state index in [1.165, 1.54) is 0 Å². The van der Waals surface area contributed by atoms with Gasteiger partial charge in [0.05, 0.1) is 12.7 Å². The van der Waals surface area contributed by atoms with Gasteiger partial charge in [-0.3, -0.25) is 0 Å². The van der Waals surface area contributed by atoms with Gasteiger partial charge in [0.2, 0.25) is 0 Å². The van der Waals surface area contributed by atoms with Crippen LogP contribution in [0.25, 0.3) is 0 Å². The number of carbonyl (C=O) groups is 1. The maximum absolute atomic E-state index is 10.8. The smallest absolute Gasteiger partial charge is 0.364 e. The minimum absolute atomic E-state index is 0.790. The molecule has 1 aliphatic heterocycles. The van der Waals surface area contributed by atoms with Crippen molar-refractivity contribution in [1.29, 1.82) is 0 Å². The monoisotopic (exact) mass is 268 g/mol. The molecule has 0 bridgehead atoms. The number of carboxylic acids is 1. The van der Waals surface area contributed by atoms with Gasteiger partial charge in [-0.25, -0.2) is 4.79 Å². The number of carboxylic acid groups (broad SMARTS) is 1. The molecule has 0 aromatic carbocycles. The zero-order valence-corrected chi connectivity index (χ0v) is 9.25. The van der Waals surface area contributed by atoms with Crippen molar-refractivity contribution in [3.05, 3.63) is 0 Å². The van der Waals surface area contributed by atoms with E-state index >= 15 is 0 Å². The van der Waals surface area contributed by atoms with Crippen molar-refractivity contribution in [2.75, 3.05) is 6.61 Å². The first-order valence-electron chi connectivity index (χ1n) is 5.19. The molecule has 106 valence electrons. The van der Waals surface area contributed by atoms with Crippen LogP contribution in [0.5, 0.6) is 0 Å². The van der Waals surface area contributed by atoms with Crippen molar-refractivity contribution in [2.45, 2.75) is 42.7 Å². The first-order chi connectivity index (χ1) is 8.23. The van der Waals surface area contributed by atoms with E-state index in [1.54, 1.807) is 0 Å². The molecule has 0 saturated carbocycles. The van der Waals surface area contributed by atoms with E-state index in [1.807, 2.05) is 0 Å². The highest BCUT2D eigenvalue weighted by molar-refractivity contribution is 5.75. The Morgan fingerprint density at radius 3 is 2.39 bits per heavy atom. The van der Waals surface area contributed by atoms with E-state index < -0.39 is 55.3 Å². The average Bonchev–Trinajstić information content (AvgIpc) is 2.31. The predicted octanol–water partition coefficient (Wildman–Crippen LogP) is -4.02. The van der Waals surface area contributed by atoms with Crippen LogP contribution in [0.1, 0.15) is 6.42 Å². The second-order valence-corrected chi connectivity index (χ2v) is 4.17. The van der Waals surface area contributed by atoms with E-state index in [-0.39, 0.29) is 0 Å². The third kappa shape index (κ3) is 2.78. The summed E-state index contributed by atoms with van der Waals surface area (Å²) >= 11 is 0. The third-order valence-electron chi connectivity index (χ3n) is 2.80. The molecule has 18 heavy (non-hydrogen) atoms. The Kier molecular flexibility index (Phi) is 4.61. The molecule has 0 aliphatic carbocycles. The zero-order chi connectivity index (χ0) is 14.1. The molecule has 7 N–H and O–H groups in total. The van der Waals surface area contributed by atoms with Crippen LogP contribution < -0.4 is 0 Å². The van der Waals surface area contributed by atoms with Gasteiger partial charge in [-0.2, -0.15) is 0 Å². The van der Waals surface area contributed by atoms with Crippen LogP contribution in [0.3, 0.4) is 0 Å². The summed E-state index contributed by atoms with van der Waals surface area (Å²) in [4.78, 5) is 10.8. The van der Waals surface area contributed by atoms with Crippen molar-refractivity contribution in [2.24, 2.45) is 0 Å². The van der Waals surface area contributed by atoms with Crippen LogP contribution in [-0.4, -0.2) is 84.6 Å². The Bertz CT molecular complexity index is 308. The minimum Gasteiger partial charge on any atom is -0.477 e. The van der Waals surface area contributed by atoms with Gasteiger partial charge in [-0.05, 0) is 0 Å². The van der Waals surface area contributed by atoms with Gasteiger partial charge >= 0.3 is 5.97 Å². The number of hydrogen-bond acceptors (Lipinski definition) is 8. The van der Waals surface area contributed by atoms with Gasteiger partial charge in [-0.15, -0.1) is 0 Å². The molecule has 0 radical (unpaired) electrons. The normalized spacial score (nSPS) is 40.2. The summed E-state index contributed by atoms with van der Waals surface area (Å²) in [5, 5.41) is 64.6. The van der Waals surface area contributed by atoms with E-state index in [9.17, 15) is 30.3 Å². The molecule has 9 nitrogen and oxygen atoms in total. The van der Waals surface area contributed by atoms with Crippen molar-refractivity contribution in [3.8, 4) is 0 Å². The fourth-order valence-corrected chi connectivity index (χ4v) is 1.70. The summed E-state index contributed by atoms with van der Waals surface area (Å²) in [6.07, 6.45) is -9.50. The fraction of sp³-hybridized carbons (Fsp3) is 0.889. The van der Waals surface area contributed by atoms with Gasteiger partial charge in [0, 0.05) is 6.42 Å². The van der Waals surface area contributed by atoms with Crippen LogP contribution in [-0.2, 0) is 9.53 Å². The SMILES string of the molecule is O=C(O)[C@@]1(O)C[C@@H](O)[C@@H](O)C(C(O)[C@H](O)CO)O1. The van der Waals surface area contributed by atoms with Crippen LogP contribution >= 0.6 is 0 Å². The number of aliphatic hydroxyl groups excluding tert-OH is 5. The lowest BCUT2D eigenvalue weighted by Crippen LogP contribution is -2.63. The Hall–Kier alpha value is -0.810. The maximum Gasteiger partial charge on any atom is 0.364 e. The van der Waals surface area contributed by atoms with Gasteiger partial charge in [0.25, 0.3) is 5.79 Å². The predicted molar refractivity (Wildman–Crippen MR) is 53.2 cm³/mol. The van der Waals surface area contributed by atoms with Crippen molar-refractivity contribution >= 4 is 5.97 Å².